The van der Waals surface area contributed by atoms with Gasteiger partial charge < -0.3 is 9.84 Å². The number of aromatic hydroxyl groups is 1. The molecule has 0 saturated heterocycles. The summed E-state index contributed by atoms with van der Waals surface area (Å²) in [6.45, 7) is 1.96. The first kappa shape index (κ1) is 10.8. The normalized spacial score (nSPS) is 13.3. The summed E-state index contributed by atoms with van der Waals surface area (Å²) in [7, 11) is 0. The topological polar surface area (TPSA) is 46.5 Å². The molecule has 0 saturated carbocycles. The molecule has 2 aromatic rings. The third kappa shape index (κ3) is 1.74. The van der Waals surface area contributed by atoms with Crippen LogP contribution in [-0.2, 0) is 11.2 Å². The summed E-state index contributed by atoms with van der Waals surface area (Å²) < 4.78 is 5.34. The van der Waals surface area contributed by atoms with Gasteiger partial charge in [0.1, 0.15) is 11.5 Å². The molecule has 3 heteroatoms. The average Bonchev–Trinajstić information content (AvgIpc) is 2.42. The third-order valence-corrected chi connectivity index (χ3v) is 3.07. The van der Waals surface area contributed by atoms with Crippen LogP contribution in [0.5, 0.6) is 11.5 Å². The Labute approximate surface area is 105 Å². The zero-order valence-corrected chi connectivity index (χ0v) is 9.93. The highest BCUT2D eigenvalue weighted by Crippen LogP contribution is 2.37. The molecule has 0 fully saturated rings. The number of fused-ring (bicyclic) bond motifs is 3. The van der Waals surface area contributed by atoms with Crippen LogP contribution >= 0.6 is 0 Å². The molecule has 2 aromatic carbocycles. The fraction of sp³-hybridized carbons (Fsp3) is 0.133. The summed E-state index contributed by atoms with van der Waals surface area (Å²) in [5.41, 5.74) is 3.67. The van der Waals surface area contributed by atoms with Crippen molar-refractivity contribution in [2.24, 2.45) is 0 Å². The van der Waals surface area contributed by atoms with Crippen molar-refractivity contribution in [1.29, 1.82) is 0 Å². The molecule has 1 N–H and O–H groups in total. The first-order chi connectivity index (χ1) is 8.63. The first-order valence-electron chi connectivity index (χ1n) is 5.77. The maximum atomic E-state index is 11.7. The number of hydrogen-bond donors (Lipinski definition) is 1. The van der Waals surface area contributed by atoms with Gasteiger partial charge in [0.15, 0.2) is 0 Å². The largest absolute Gasteiger partial charge is 0.508 e. The second-order valence-electron chi connectivity index (χ2n) is 4.49. The summed E-state index contributed by atoms with van der Waals surface area (Å²) in [6, 6.07) is 10.8. The van der Waals surface area contributed by atoms with E-state index in [1.54, 1.807) is 12.1 Å². The number of ether oxygens (including phenoxy) is 1. The number of phenolic OH excluding ortho intramolecular Hbond substituents is 1. The Morgan fingerprint density at radius 2 is 1.89 bits per heavy atom. The number of rotatable bonds is 0. The number of phenols is 1. The van der Waals surface area contributed by atoms with E-state index >= 15 is 0 Å². The highest BCUT2D eigenvalue weighted by Gasteiger charge is 2.20. The van der Waals surface area contributed by atoms with Crippen molar-refractivity contribution in [1.82, 2.24) is 0 Å². The Kier molecular flexibility index (Phi) is 2.33. The van der Waals surface area contributed by atoms with E-state index in [0.29, 0.717) is 5.75 Å². The van der Waals surface area contributed by atoms with Crippen molar-refractivity contribution in [3.8, 4) is 22.6 Å². The molecule has 90 valence electrons. The average molecular weight is 240 g/mol. The lowest BCUT2D eigenvalue weighted by Gasteiger charge is -2.08. The van der Waals surface area contributed by atoms with Crippen molar-refractivity contribution in [3.63, 3.8) is 0 Å². The van der Waals surface area contributed by atoms with Gasteiger partial charge in [-0.15, -0.1) is 0 Å². The van der Waals surface area contributed by atoms with Gasteiger partial charge in [0.2, 0.25) is 0 Å². The fourth-order valence-electron chi connectivity index (χ4n) is 2.24. The van der Waals surface area contributed by atoms with Crippen molar-refractivity contribution >= 4 is 5.97 Å². The Morgan fingerprint density at radius 3 is 2.72 bits per heavy atom. The Morgan fingerprint density at radius 1 is 1.11 bits per heavy atom. The summed E-state index contributed by atoms with van der Waals surface area (Å²) in [6.07, 6.45) is 0.178. The van der Waals surface area contributed by atoms with E-state index in [0.717, 1.165) is 22.3 Å². The molecule has 3 rings (SSSR count). The molecule has 18 heavy (non-hydrogen) atoms. The molecule has 0 aliphatic carbocycles. The monoisotopic (exact) mass is 240 g/mol. The highest BCUT2D eigenvalue weighted by atomic mass is 16.5. The summed E-state index contributed by atoms with van der Waals surface area (Å²) in [5, 5.41) is 9.51. The standard InChI is InChI=1S/C15H12O3/c1-9-2-4-13-12-5-3-11(16)7-10(12)8-15(17)18-14(13)6-9/h2-7,16H,8H2,1H3. The Bertz CT molecular complexity index is 589. The SMILES string of the molecule is Cc1ccc2c(c1)OC(=O)Cc1cc(O)ccc1-2. The van der Waals surface area contributed by atoms with Gasteiger partial charge in [0, 0.05) is 5.56 Å². The molecule has 3 nitrogen and oxygen atoms in total. The van der Waals surface area contributed by atoms with Crippen LogP contribution in [0.1, 0.15) is 11.1 Å². The van der Waals surface area contributed by atoms with Crippen LogP contribution in [0.2, 0.25) is 0 Å². The number of carbonyl (C=O) groups excluding carboxylic acids is 1. The lowest BCUT2D eigenvalue weighted by atomic mass is 9.97. The van der Waals surface area contributed by atoms with Crippen LogP contribution in [0.3, 0.4) is 0 Å². The van der Waals surface area contributed by atoms with Crippen molar-refractivity contribution in [2.75, 3.05) is 0 Å². The molecular formula is C15H12O3. The highest BCUT2D eigenvalue weighted by molar-refractivity contribution is 5.86. The predicted molar refractivity (Wildman–Crippen MR) is 67.6 cm³/mol. The molecule has 1 heterocycles. The molecule has 0 bridgehead atoms. The van der Waals surface area contributed by atoms with E-state index in [1.807, 2.05) is 31.2 Å². The lowest BCUT2D eigenvalue weighted by Crippen LogP contribution is -2.09. The van der Waals surface area contributed by atoms with Crippen molar-refractivity contribution < 1.29 is 14.6 Å². The second kappa shape index (κ2) is 3.88. The second-order valence-corrected chi connectivity index (χ2v) is 4.49. The number of hydrogen-bond acceptors (Lipinski definition) is 3. The maximum Gasteiger partial charge on any atom is 0.315 e. The van der Waals surface area contributed by atoms with Crippen LogP contribution in [0.15, 0.2) is 36.4 Å². The number of carbonyl (C=O) groups is 1. The number of aryl methyl sites for hydroxylation is 1. The van der Waals surface area contributed by atoms with E-state index < -0.39 is 0 Å². The van der Waals surface area contributed by atoms with Gasteiger partial charge in [-0.1, -0.05) is 18.2 Å². The van der Waals surface area contributed by atoms with Crippen LogP contribution < -0.4 is 4.74 Å². The van der Waals surface area contributed by atoms with E-state index in [1.165, 1.54) is 0 Å². The van der Waals surface area contributed by atoms with E-state index in [-0.39, 0.29) is 18.1 Å². The molecule has 0 unspecified atom stereocenters. The molecule has 0 atom stereocenters. The maximum absolute atomic E-state index is 11.7. The quantitative estimate of drug-likeness (QED) is 0.569. The van der Waals surface area contributed by atoms with Gasteiger partial charge in [0.05, 0.1) is 6.42 Å². The molecular weight excluding hydrogens is 228 g/mol. The zero-order chi connectivity index (χ0) is 12.7. The fourth-order valence-corrected chi connectivity index (χ4v) is 2.24. The van der Waals surface area contributed by atoms with Gasteiger partial charge in [0.25, 0.3) is 0 Å². The van der Waals surface area contributed by atoms with Gasteiger partial charge in [-0.05, 0) is 41.8 Å². The lowest BCUT2D eigenvalue weighted by molar-refractivity contribution is -0.133. The smallest absolute Gasteiger partial charge is 0.315 e. The minimum absolute atomic E-state index is 0.164. The number of benzene rings is 2. The zero-order valence-electron chi connectivity index (χ0n) is 9.93. The molecule has 0 radical (unpaired) electrons. The Hall–Kier alpha value is -2.29. The third-order valence-electron chi connectivity index (χ3n) is 3.07. The van der Waals surface area contributed by atoms with Gasteiger partial charge >= 0.3 is 5.97 Å². The first-order valence-corrected chi connectivity index (χ1v) is 5.77. The molecule has 1 aliphatic rings. The Balaban J connectivity index is 2.28. The van der Waals surface area contributed by atoms with E-state index in [2.05, 4.69) is 0 Å². The molecule has 0 spiro atoms. The van der Waals surface area contributed by atoms with Gasteiger partial charge in [-0.3, -0.25) is 4.79 Å². The summed E-state index contributed by atoms with van der Waals surface area (Å²) >= 11 is 0. The summed E-state index contributed by atoms with van der Waals surface area (Å²) in [5.74, 6) is 0.452. The van der Waals surface area contributed by atoms with E-state index in [9.17, 15) is 9.90 Å². The van der Waals surface area contributed by atoms with Crippen molar-refractivity contribution in [3.05, 3.63) is 47.5 Å². The number of esters is 1. The van der Waals surface area contributed by atoms with Crippen LogP contribution in [0.25, 0.3) is 11.1 Å². The molecule has 1 aliphatic heterocycles. The minimum atomic E-state index is -0.300. The molecule has 0 aromatic heterocycles. The minimum Gasteiger partial charge on any atom is -0.508 e. The van der Waals surface area contributed by atoms with Gasteiger partial charge in [-0.25, -0.2) is 0 Å². The van der Waals surface area contributed by atoms with E-state index in [4.69, 9.17) is 4.74 Å². The molecule has 0 amide bonds. The van der Waals surface area contributed by atoms with Crippen molar-refractivity contribution in [2.45, 2.75) is 13.3 Å². The van der Waals surface area contributed by atoms with Gasteiger partial charge in [-0.2, -0.15) is 0 Å². The predicted octanol–water partition coefficient (Wildman–Crippen LogP) is 2.83. The summed E-state index contributed by atoms with van der Waals surface area (Å²) in [4.78, 5) is 11.7. The van der Waals surface area contributed by atoms with Crippen LogP contribution in [0.4, 0.5) is 0 Å². The van der Waals surface area contributed by atoms with Crippen LogP contribution in [0, 0.1) is 6.92 Å². The van der Waals surface area contributed by atoms with Crippen LogP contribution in [-0.4, -0.2) is 11.1 Å².